The summed E-state index contributed by atoms with van der Waals surface area (Å²) in [6.45, 7) is 7.95. The van der Waals surface area contributed by atoms with Gasteiger partial charge in [0.25, 0.3) is 5.91 Å². The molecule has 254 valence electrons. The van der Waals surface area contributed by atoms with Crippen molar-refractivity contribution in [2.45, 2.75) is 64.4 Å². The van der Waals surface area contributed by atoms with Crippen molar-refractivity contribution in [3.8, 4) is 28.3 Å². The average Bonchev–Trinajstić information content (AvgIpc) is 3.60. The minimum Gasteiger partial charge on any atom is -0.489 e. The van der Waals surface area contributed by atoms with Gasteiger partial charge in [-0.25, -0.2) is 14.4 Å². The van der Waals surface area contributed by atoms with Gasteiger partial charge in [-0.3, -0.25) is 14.9 Å². The first-order chi connectivity index (χ1) is 23.4. The first-order valence-corrected chi connectivity index (χ1v) is 16.6. The van der Waals surface area contributed by atoms with Gasteiger partial charge in [0.15, 0.2) is 5.82 Å². The number of aliphatic carboxylic acids is 1. The topological polar surface area (TPSA) is 134 Å². The van der Waals surface area contributed by atoms with Crippen LogP contribution in [0.3, 0.4) is 0 Å². The van der Waals surface area contributed by atoms with Crippen LogP contribution in [0.5, 0.6) is 5.75 Å². The molecule has 0 fully saturated rings. The minimum atomic E-state index is -1.34. The number of thiophene rings is 1. The molecule has 3 aromatic carbocycles. The highest BCUT2D eigenvalue weighted by Gasteiger charge is 2.27. The van der Waals surface area contributed by atoms with Crippen LogP contribution in [0.25, 0.3) is 22.5 Å². The number of hydrogen-bond acceptors (Lipinski definition) is 8. The zero-order valence-electron chi connectivity index (χ0n) is 27.7. The molecule has 3 atom stereocenters. The van der Waals surface area contributed by atoms with Gasteiger partial charge >= 0.3 is 5.97 Å². The van der Waals surface area contributed by atoms with Crippen molar-refractivity contribution in [2.75, 3.05) is 0 Å². The van der Waals surface area contributed by atoms with Gasteiger partial charge in [-0.1, -0.05) is 75.4 Å². The number of ether oxygens (including phenoxy) is 1. The minimum absolute atomic E-state index is 0.119. The van der Waals surface area contributed by atoms with E-state index < -0.39 is 30.1 Å². The predicted molar refractivity (Wildman–Crippen MR) is 188 cm³/mol. The number of aliphatic hydroxyl groups is 1. The van der Waals surface area contributed by atoms with E-state index in [0.717, 1.165) is 16.0 Å². The molecule has 11 heteroatoms. The van der Waals surface area contributed by atoms with E-state index in [9.17, 15) is 19.8 Å². The molecule has 0 aliphatic heterocycles. The number of nitrogens with zero attached hydrogens (tertiary/aromatic N) is 2. The van der Waals surface area contributed by atoms with E-state index in [2.05, 4.69) is 41.4 Å². The number of rotatable bonds is 13. The molecule has 1 amide bonds. The molecule has 5 aromatic rings. The summed E-state index contributed by atoms with van der Waals surface area (Å²) in [6.07, 6.45) is 2.00. The van der Waals surface area contributed by atoms with Gasteiger partial charge in [0, 0.05) is 40.0 Å². The van der Waals surface area contributed by atoms with Crippen LogP contribution in [0.15, 0.2) is 97.3 Å². The molecule has 0 saturated heterocycles. The highest BCUT2D eigenvalue weighted by molar-refractivity contribution is 7.14. The molecular weight excluding hydrogens is 644 g/mol. The summed E-state index contributed by atoms with van der Waals surface area (Å²) in [5.41, 5.74) is 3.23. The van der Waals surface area contributed by atoms with E-state index in [0.29, 0.717) is 39.7 Å². The standard InChI is InChI=1S/C38H39FN4O5S/c1-23(37(46)47)42-35(44)31(43-36(45)32-16-17-33(49-32)38(2,3)4)18-24-10-12-26(13-11-24)34-40-20-27(21-41-34)29-15-14-28(19-30(29)39)48-22-25-8-6-5-7-9-25/h5-17,19-21,23,31,35,42,44H,18,22H2,1-4H3,(H,43,45)(H,46,47)/t23-,31+,35?/m1/s1. The SMILES string of the molecule is C[C@@H](NC(O)[C@H](Cc1ccc(-c2ncc(-c3ccc(OCc4ccccc4)cc3F)cn2)cc1)NC(=O)c1ccc(C(C)(C)C)s1)C(=O)O. The first kappa shape index (κ1) is 35.3. The van der Waals surface area contributed by atoms with E-state index in [4.69, 9.17) is 4.74 Å². The van der Waals surface area contributed by atoms with Gasteiger partial charge in [0.1, 0.15) is 30.4 Å². The smallest absolute Gasteiger partial charge is 0.320 e. The van der Waals surface area contributed by atoms with Crippen LogP contribution < -0.4 is 15.4 Å². The van der Waals surface area contributed by atoms with Crippen LogP contribution >= 0.6 is 11.3 Å². The fraction of sp³-hybridized carbons (Fsp3) is 0.263. The summed E-state index contributed by atoms with van der Waals surface area (Å²) >= 11 is 1.38. The van der Waals surface area contributed by atoms with Gasteiger partial charge in [-0.05, 0) is 54.2 Å². The van der Waals surface area contributed by atoms with E-state index in [1.807, 2.05) is 60.7 Å². The van der Waals surface area contributed by atoms with Crippen LogP contribution in [-0.2, 0) is 23.2 Å². The summed E-state index contributed by atoms with van der Waals surface area (Å²) < 4.78 is 20.7. The zero-order valence-corrected chi connectivity index (χ0v) is 28.5. The van der Waals surface area contributed by atoms with Crippen molar-refractivity contribution in [1.29, 1.82) is 0 Å². The fourth-order valence-electron chi connectivity index (χ4n) is 5.01. The number of amides is 1. The Balaban J connectivity index is 1.26. The van der Waals surface area contributed by atoms with Crippen molar-refractivity contribution in [2.24, 2.45) is 0 Å². The number of aromatic nitrogens is 2. The van der Waals surface area contributed by atoms with Gasteiger partial charge in [0.05, 0.1) is 10.9 Å². The van der Waals surface area contributed by atoms with Gasteiger partial charge in [-0.15, -0.1) is 11.3 Å². The zero-order chi connectivity index (χ0) is 35.1. The second-order valence-electron chi connectivity index (χ2n) is 12.8. The Morgan fingerprint density at radius 3 is 2.22 bits per heavy atom. The Bertz CT molecular complexity index is 1880. The third-order valence-electron chi connectivity index (χ3n) is 7.88. The lowest BCUT2D eigenvalue weighted by Crippen LogP contribution is -2.54. The Labute approximate surface area is 288 Å². The fourth-order valence-corrected chi connectivity index (χ4v) is 5.98. The molecule has 0 radical (unpaired) electrons. The maximum Gasteiger partial charge on any atom is 0.320 e. The van der Waals surface area contributed by atoms with Gasteiger partial charge < -0.3 is 20.3 Å². The van der Waals surface area contributed by atoms with E-state index >= 15 is 4.39 Å². The Hall–Kier alpha value is -4.97. The highest BCUT2D eigenvalue weighted by atomic mass is 32.1. The summed E-state index contributed by atoms with van der Waals surface area (Å²) in [4.78, 5) is 35.1. The summed E-state index contributed by atoms with van der Waals surface area (Å²) in [7, 11) is 0. The van der Waals surface area contributed by atoms with Gasteiger partial charge in [-0.2, -0.15) is 0 Å². The molecule has 0 saturated carbocycles. The Morgan fingerprint density at radius 1 is 0.918 bits per heavy atom. The van der Waals surface area contributed by atoms with Crippen LogP contribution in [0.2, 0.25) is 0 Å². The number of carboxylic acid groups (broad SMARTS) is 1. The quantitative estimate of drug-likeness (QED) is 0.102. The number of aliphatic hydroxyl groups excluding tert-OH is 1. The molecule has 49 heavy (non-hydrogen) atoms. The molecule has 9 nitrogen and oxygen atoms in total. The lowest BCUT2D eigenvalue weighted by Gasteiger charge is -2.26. The molecule has 4 N–H and O–H groups in total. The van der Waals surface area contributed by atoms with Crippen LogP contribution in [0.1, 0.15) is 53.4 Å². The van der Waals surface area contributed by atoms with Gasteiger partial charge in [0.2, 0.25) is 0 Å². The molecule has 0 spiro atoms. The molecule has 5 rings (SSSR count). The maximum atomic E-state index is 15.0. The molecule has 2 heterocycles. The first-order valence-electron chi connectivity index (χ1n) is 15.8. The maximum absolute atomic E-state index is 15.0. The van der Waals surface area contributed by atoms with E-state index in [1.165, 1.54) is 24.3 Å². The predicted octanol–water partition coefficient (Wildman–Crippen LogP) is 6.61. The van der Waals surface area contributed by atoms with Crippen molar-refractivity contribution in [3.63, 3.8) is 0 Å². The third-order valence-corrected chi connectivity index (χ3v) is 9.39. The molecular formula is C38H39FN4O5S. The van der Waals surface area contributed by atoms with E-state index in [-0.39, 0.29) is 17.7 Å². The number of carboxylic acids is 1. The monoisotopic (exact) mass is 682 g/mol. The lowest BCUT2D eigenvalue weighted by molar-refractivity contribution is -0.140. The second-order valence-corrected chi connectivity index (χ2v) is 13.9. The lowest BCUT2D eigenvalue weighted by atomic mass is 9.95. The van der Waals surface area contributed by atoms with Crippen molar-refractivity contribution in [3.05, 3.63) is 124 Å². The summed E-state index contributed by atoms with van der Waals surface area (Å²) in [5, 5.41) is 25.8. The summed E-state index contributed by atoms with van der Waals surface area (Å²) in [5.74, 6) is -1.07. The normalized spacial score (nSPS) is 13.3. The Morgan fingerprint density at radius 2 is 1.61 bits per heavy atom. The molecule has 2 aromatic heterocycles. The number of hydrogen-bond donors (Lipinski definition) is 4. The number of benzene rings is 3. The molecule has 0 aliphatic carbocycles. The number of carbonyl (C=O) groups is 2. The van der Waals surface area contributed by atoms with Crippen molar-refractivity contribution >= 4 is 23.2 Å². The average molecular weight is 683 g/mol. The molecule has 0 bridgehead atoms. The summed E-state index contributed by atoms with van der Waals surface area (Å²) in [6, 6.07) is 23.4. The van der Waals surface area contributed by atoms with Crippen LogP contribution in [-0.4, -0.2) is 50.4 Å². The van der Waals surface area contributed by atoms with Crippen LogP contribution in [0, 0.1) is 5.82 Å². The molecule has 0 aliphatic rings. The van der Waals surface area contributed by atoms with Crippen molar-refractivity contribution < 1.29 is 28.9 Å². The second kappa shape index (κ2) is 15.5. The number of halogens is 1. The third kappa shape index (κ3) is 9.35. The number of nitrogens with one attached hydrogen (secondary N) is 2. The molecule has 1 unspecified atom stereocenters. The van der Waals surface area contributed by atoms with Crippen molar-refractivity contribution in [1.82, 2.24) is 20.6 Å². The Kier molecular flexibility index (Phi) is 11.2. The number of carbonyl (C=O) groups excluding carboxylic acids is 1. The largest absolute Gasteiger partial charge is 0.489 e. The van der Waals surface area contributed by atoms with Crippen LogP contribution in [0.4, 0.5) is 4.39 Å². The highest BCUT2D eigenvalue weighted by Crippen LogP contribution is 2.30. The van der Waals surface area contributed by atoms with E-state index in [1.54, 1.807) is 30.6 Å².